The molecule has 2 heteroatoms. The molecule has 9 atom stereocenters. The highest BCUT2D eigenvalue weighted by atomic mass is 15.3. The smallest absolute Gasteiger partial charge is 0.0584 e. The number of para-hydroxylation sites is 1. The molecule has 0 spiro atoms. The van der Waals surface area contributed by atoms with Gasteiger partial charge in [-0.3, -0.25) is 4.90 Å². The van der Waals surface area contributed by atoms with Crippen LogP contribution in [0.3, 0.4) is 0 Å². The summed E-state index contributed by atoms with van der Waals surface area (Å²) in [6.45, 7) is 2.44. The average Bonchev–Trinajstić information content (AvgIpc) is 3.71. The first-order valence-corrected chi connectivity index (χ1v) is 19.5. The highest BCUT2D eigenvalue weighted by Crippen LogP contribution is 2.51. The lowest BCUT2D eigenvalue weighted by molar-refractivity contribution is 0.162. The number of anilines is 1. The maximum Gasteiger partial charge on any atom is 0.0584 e. The molecule has 1 saturated heterocycles. The predicted molar refractivity (Wildman–Crippen MR) is 213 cm³/mol. The summed E-state index contributed by atoms with van der Waals surface area (Å²) in [7, 11) is 0. The lowest BCUT2D eigenvalue weighted by atomic mass is 9.77. The average molecular weight is 665 g/mol. The Balaban J connectivity index is 0.933. The van der Waals surface area contributed by atoms with E-state index in [9.17, 15) is 0 Å². The van der Waals surface area contributed by atoms with Crippen molar-refractivity contribution >= 4 is 16.8 Å². The molecule has 2 nitrogen and oxygen atoms in total. The van der Waals surface area contributed by atoms with Gasteiger partial charge in [0.15, 0.2) is 0 Å². The molecule has 10 rings (SSSR count). The van der Waals surface area contributed by atoms with E-state index < -0.39 is 0 Å². The second-order valence-electron chi connectivity index (χ2n) is 15.8. The van der Waals surface area contributed by atoms with E-state index in [1.807, 2.05) is 0 Å². The van der Waals surface area contributed by atoms with Crippen LogP contribution in [0.25, 0.3) is 11.1 Å². The fourth-order valence-electron chi connectivity index (χ4n) is 10.9. The summed E-state index contributed by atoms with van der Waals surface area (Å²) >= 11 is 0. The van der Waals surface area contributed by atoms with Crippen molar-refractivity contribution in [2.75, 3.05) is 4.90 Å². The second kappa shape index (κ2) is 12.8. The molecule has 0 amide bonds. The quantitative estimate of drug-likeness (QED) is 0.251. The number of nitrogens with zero attached hydrogens (tertiary/aromatic N) is 2. The fraction of sp³-hybridized carbons (Fsp3) is 0.306. The van der Waals surface area contributed by atoms with Gasteiger partial charge in [-0.25, -0.2) is 0 Å². The number of hydrogen-bond donors (Lipinski definition) is 0. The molecule has 2 aliphatic heterocycles. The van der Waals surface area contributed by atoms with E-state index in [-0.39, 0.29) is 0 Å². The summed E-state index contributed by atoms with van der Waals surface area (Å²) in [6.07, 6.45) is 35.9. The summed E-state index contributed by atoms with van der Waals surface area (Å²) < 4.78 is 0. The van der Waals surface area contributed by atoms with Gasteiger partial charge in [0.2, 0.25) is 0 Å². The third-order valence-corrected chi connectivity index (χ3v) is 13.2. The molecule has 7 aliphatic rings. The van der Waals surface area contributed by atoms with Crippen molar-refractivity contribution in [3.63, 3.8) is 0 Å². The van der Waals surface area contributed by atoms with Gasteiger partial charge in [0, 0.05) is 47.6 Å². The first kappa shape index (κ1) is 31.1. The van der Waals surface area contributed by atoms with E-state index >= 15 is 0 Å². The van der Waals surface area contributed by atoms with E-state index in [0.29, 0.717) is 53.9 Å². The van der Waals surface area contributed by atoms with Crippen LogP contribution >= 0.6 is 0 Å². The summed E-state index contributed by atoms with van der Waals surface area (Å²) in [5.41, 5.74) is 11.4. The third kappa shape index (κ3) is 5.25. The van der Waals surface area contributed by atoms with Crippen LogP contribution in [0.15, 0.2) is 169 Å². The molecule has 1 fully saturated rings. The lowest BCUT2D eigenvalue weighted by Gasteiger charge is -2.41. The van der Waals surface area contributed by atoms with E-state index in [1.165, 1.54) is 63.9 Å². The molecule has 9 unspecified atom stereocenters. The van der Waals surface area contributed by atoms with E-state index in [2.05, 4.69) is 175 Å². The van der Waals surface area contributed by atoms with Gasteiger partial charge < -0.3 is 4.90 Å². The molecule has 0 N–H and O–H groups in total. The Morgan fingerprint density at radius 3 is 2.24 bits per heavy atom. The summed E-state index contributed by atoms with van der Waals surface area (Å²) in [5, 5.41) is 0. The molecule has 0 bridgehead atoms. The van der Waals surface area contributed by atoms with Gasteiger partial charge >= 0.3 is 0 Å². The number of rotatable bonds is 5. The van der Waals surface area contributed by atoms with Crippen molar-refractivity contribution in [1.29, 1.82) is 0 Å². The number of benzene rings is 3. The van der Waals surface area contributed by atoms with Crippen LogP contribution in [0.4, 0.5) is 5.69 Å². The van der Waals surface area contributed by atoms with Gasteiger partial charge in [0.05, 0.1) is 6.04 Å². The largest absolute Gasteiger partial charge is 0.361 e. The van der Waals surface area contributed by atoms with Gasteiger partial charge in [-0.05, 0) is 83.1 Å². The van der Waals surface area contributed by atoms with E-state index in [0.717, 1.165) is 12.8 Å². The SMILES string of the molecule is CC1C(c2ccccc2)=CC=CC1N1C2C=CC(C3=CC4c5ccccc5N(C5CCC=C(c6ccccc6)C5)C4C=C3)=CC2C2CCC=CC21. The maximum atomic E-state index is 2.88. The van der Waals surface area contributed by atoms with Crippen LogP contribution in [0, 0.1) is 17.8 Å². The zero-order valence-corrected chi connectivity index (χ0v) is 29.6. The van der Waals surface area contributed by atoms with E-state index in [4.69, 9.17) is 0 Å². The zero-order valence-electron chi connectivity index (χ0n) is 29.6. The van der Waals surface area contributed by atoms with Crippen molar-refractivity contribution in [3.05, 3.63) is 186 Å². The number of likely N-dealkylation sites (tertiary alicyclic amines) is 1. The molecule has 254 valence electrons. The number of allylic oxidation sites excluding steroid dienone is 8. The standard InChI is InChI=1S/C49H48N2/c1-33-40(35-16-6-3-7-17-35)22-13-25-45(33)51-47-24-11-9-21-42(47)44-32-38(27-29-49(44)51)37-26-28-48-43(31-37)41-20-8-10-23-46(41)50(48)39-19-12-18-36(30-39)34-14-4-2-5-15-34/h2-8,10-11,13-18,20,22-29,31-33,39,42-45,47-49H,9,12,19,21,30H2,1H3. The highest BCUT2D eigenvalue weighted by molar-refractivity contribution is 5.73. The Morgan fingerprint density at radius 1 is 0.647 bits per heavy atom. The van der Waals surface area contributed by atoms with Gasteiger partial charge in [0.1, 0.15) is 0 Å². The Morgan fingerprint density at radius 2 is 1.39 bits per heavy atom. The summed E-state index contributed by atoms with van der Waals surface area (Å²) in [5.74, 6) is 1.98. The molecular formula is C49H48N2. The minimum Gasteiger partial charge on any atom is -0.361 e. The topological polar surface area (TPSA) is 6.48 Å². The Kier molecular flexibility index (Phi) is 7.83. The molecule has 51 heavy (non-hydrogen) atoms. The van der Waals surface area contributed by atoms with Gasteiger partial charge in [-0.15, -0.1) is 0 Å². The van der Waals surface area contributed by atoms with Crippen LogP contribution in [-0.2, 0) is 0 Å². The van der Waals surface area contributed by atoms with Gasteiger partial charge in [0.25, 0.3) is 0 Å². The number of fused-ring (bicyclic) bond motifs is 6. The number of hydrogen-bond acceptors (Lipinski definition) is 2. The summed E-state index contributed by atoms with van der Waals surface area (Å²) in [4.78, 5) is 5.66. The lowest BCUT2D eigenvalue weighted by Crippen LogP contribution is -2.47. The predicted octanol–water partition coefficient (Wildman–Crippen LogP) is 10.9. The molecule has 0 saturated carbocycles. The first-order chi connectivity index (χ1) is 25.2. The maximum absolute atomic E-state index is 2.88. The van der Waals surface area contributed by atoms with Crippen LogP contribution in [0.5, 0.6) is 0 Å². The molecule has 5 aliphatic carbocycles. The van der Waals surface area contributed by atoms with Gasteiger partial charge in [-0.2, -0.15) is 0 Å². The minimum atomic E-state index is 0.369. The third-order valence-electron chi connectivity index (χ3n) is 13.2. The summed E-state index contributed by atoms with van der Waals surface area (Å²) in [6, 6.07) is 33.4. The normalized spacial score (nSPS) is 33.4. The van der Waals surface area contributed by atoms with Crippen LogP contribution in [-0.4, -0.2) is 35.1 Å². The van der Waals surface area contributed by atoms with Crippen molar-refractivity contribution in [2.24, 2.45) is 17.8 Å². The van der Waals surface area contributed by atoms with Crippen LogP contribution in [0.1, 0.15) is 61.6 Å². The molecule has 3 aromatic carbocycles. The van der Waals surface area contributed by atoms with Gasteiger partial charge in [-0.1, -0.05) is 159 Å². The minimum absolute atomic E-state index is 0.369. The molecule has 0 radical (unpaired) electrons. The monoisotopic (exact) mass is 664 g/mol. The molecule has 2 heterocycles. The van der Waals surface area contributed by atoms with Crippen molar-refractivity contribution < 1.29 is 0 Å². The van der Waals surface area contributed by atoms with Crippen molar-refractivity contribution in [1.82, 2.24) is 4.90 Å². The highest BCUT2D eigenvalue weighted by Gasteiger charge is 2.50. The first-order valence-electron chi connectivity index (χ1n) is 19.5. The van der Waals surface area contributed by atoms with Crippen molar-refractivity contribution in [2.45, 2.75) is 75.2 Å². The Bertz CT molecular complexity index is 2050. The Hall–Kier alpha value is -4.66. The van der Waals surface area contributed by atoms with Crippen LogP contribution in [0.2, 0.25) is 0 Å². The molecular weight excluding hydrogens is 617 g/mol. The Labute approximate surface area is 304 Å². The molecule has 3 aromatic rings. The van der Waals surface area contributed by atoms with E-state index in [1.54, 1.807) is 0 Å². The van der Waals surface area contributed by atoms with Crippen molar-refractivity contribution in [3.8, 4) is 0 Å². The second-order valence-corrected chi connectivity index (χ2v) is 15.8. The van der Waals surface area contributed by atoms with Crippen LogP contribution < -0.4 is 4.90 Å². The zero-order chi connectivity index (χ0) is 33.9. The molecule has 0 aromatic heterocycles. The fourth-order valence-corrected chi connectivity index (χ4v) is 10.9.